The number of nitrogens with one attached hydrogen (secondary N) is 1. The van der Waals surface area contributed by atoms with Crippen LogP contribution in [0.1, 0.15) is 26.3 Å². The van der Waals surface area contributed by atoms with Crippen LogP contribution < -0.4 is 9.62 Å². The van der Waals surface area contributed by atoms with E-state index in [1.165, 1.54) is 23.1 Å². The molecule has 1 atom stereocenters. The Kier molecular flexibility index (Phi) is 9.91. The second-order valence-electron chi connectivity index (χ2n) is 7.96. The van der Waals surface area contributed by atoms with E-state index in [0.717, 1.165) is 10.6 Å². The van der Waals surface area contributed by atoms with Gasteiger partial charge in [-0.25, -0.2) is 8.42 Å². The lowest BCUT2D eigenvalue weighted by molar-refractivity contribution is -0.139. The summed E-state index contributed by atoms with van der Waals surface area (Å²) in [7, 11) is -3.92. The van der Waals surface area contributed by atoms with Gasteiger partial charge in [0.1, 0.15) is 12.6 Å². The average molecular weight is 569 g/mol. The van der Waals surface area contributed by atoms with Crippen LogP contribution in [0.4, 0.5) is 5.69 Å². The van der Waals surface area contributed by atoms with Crippen LogP contribution in [0.15, 0.2) is 36.4 Å². The van der Waals surface area contributed by atoms with Gasteiger partial charge in [0, 0.05) is 38.2 Å². The summed E-state index contributed by atoms with van der Waals surface area (Å²) in [5.74, 6) is -1.06. The van der Waals surface area contributed by atoms with Gasteiger partial charge in [-0.15, -0.1) is 0 Å². The van der Waals surface area contributed by atoms with Crippen molar-refractivity contribution in [2.45, 2.75) is 39.4 Å². The summed E-state index contributed by atoms with van der Waals surface area (Å²) in [5.41, 5.74) is 0.545. The van der Waals surface area contributed by atoms with Crippen LogP contribution in [-0.4, -0.2) is 50.0 Å². The fourth-order valence-corrected chi connectivity index (χ4v) is 5.00. The summed E-state index contributed by atoms with van der Waals surface area (Å²) in [6, 6.07) is 7.96. The fourth-order valence-electron chi connectivity index (χ4n) is 3.14. The first-order valence-electron chi connectivity index (χ1n) is 10.2. The van der Waals surface area contributed by atoms with E-state index in [2.05, 4.69) is 5.32 Å². The van der Waals surface area contributed by atoms with Crippen molar-refractivity contribution in [3.05, 3.63) is 62.1 Å². The van der Waals surface area contributed by atoms with Crippen molar-refractivity contribution in [1.29, 1.82) is 0 Å². The number of anilines is 1. The Morgan fingerprint density at radius 2 is 1.50 bits per heavy atom. The summed E-state index contributed by atoms with van der Waals surface area (Å²) in [6.07, 6.45) is 0.958. The van der Waals surface area contributed by atoms with Crippen molar-refractivity contribution in [1.82, 2.24) is 10.2 Å². The van der Waals surface area contributed by atoms with E-state index in [0.29, 0.717) is 15.6 Å². The average Bonchev–Trinajstić information content (AvgIpc) is 2.69. The summed E-state index contributed by atoms with van der Waals surface area (Å²) in [5, 5.41) is 3.78. The molecule has 0 bridgehead atoms. The van der Waals surface area contributed by atoms with Gasteiger partial charge in [0.25, 0.3) is 0 Å². The molecule has 2 aromatic carbocycles. The van der Waals surface area contributed by atoms with E-state index in [1.54, 1.807) is 39.0 Å². The van der Waals surface area contributed by atoms with Gasteiger partial charge in [-0.3, -0.25) is 13.9 Å². The molecule has 2 aromatic rings. The highest BCUT2D eigenvalue weighted by atomic mass is 35.5. The molecule has 0 aliphatic carbocycles. The zero-order valence-electron chi connectivity index (χ0n) is 19.0. The number of amides is 2. The minimum Gasteiger partial charge on any atom is -0.352 e. The van der Waals surface area contributed by atoms with Gasteiger partial charge in [-0.1, -0.05) is 52.5 Å². The first-order valence-corrected chi connectivity index (χ1v) is 13.5. The largest absolute Gasteiger partial charge is 0.352 e. The molecule has 186 valence electrons. The molecular weight excluding hydrogens is 544 g/mol. The lowest BCUT2D eigenvalue weighted by Crippen LogP contribution is -2.52. The molecule has 12 heteroatoms. The first kappa shape index (κ1) is 28.5. The molecule has 0 aliphatic heterocycles. The van der Waals surface area contributed by atoms with Crippen molar-refractivity contribution in [3.8, 4) is 0 Å². The smallest absolute Gasteiger partial charge is 0.244 e. The topological polar surface area (TPSA) is 86.8 Å². The predicted octanol–water partition coefficient (Wildman–Crippen LogP) is 5.01. The van der Waals surface area contributed by atoms with E-state index in [4.69, 9.17) is 46.4 Å². The maximum atomic E-state index is 13.5. The van der Waals surface area contributed by atoms with Crippen LogP contribution in [0.5, 0.6) is 0 Å². The fraction of sp³-hybridized carbons (Fsp3) is 0.364. The molecule has 2 amide bonds. The molecule has 0 aromatic heterocycles. The Labute approximate surface area is 220 Å². The van der Waals surface area contributed by atoms with Crippen molar-refractivity contribution in [2.24, 2.45) is 0 Å². The third-order valence-electron chi connectivity index (χ3n) is 4.80. The maximum absolute atomic E-state index is 13.5. The zero-order chi connectivity index (χ0) is 25.8. The van der Waals surface area contributed by atoms with Crippen molar-refractivity contribution < 1.29 is 18.0 Å². The minimum absolute atomic E-state index is 0.113. The van der Waals surface area contributed by atoms with Crippen LogP contribution in [0.2, 0.25) is 20.1 Å². The molecule has 1 unspecified atom stereocenters. The maximum Gasteiger partial charge on any atom is 0.244 e. The standard InChI is InChI=1S/C22H25Cl4N3O4S/c1-13(2)27-22(31)14(3)28(11-18-19(25)6-5-7-20(18)26)21(30)12-29(34(4,32)33)17-9-15(23)8-16(24)10-17/h5-10,13-14H,11-12H2,1-4H3,(H,27,31). The Morgan fingerprint density at radius 1 is 0.971 bits per heavy atom. The number of halogens is 4. The Bertz CT molecular complexity index is 1130. The van der Waals surface area contributed by atoms with Crippen LogP contribution in [0, 0.1) is 0 Å². The van der Waals surface area contributed by atoms with Gasteiger partial charge >= 0.3 is 0 Å². The number of sulfonamides is 1. The predicted molar refractivity (Wildman–Crippen MR) is 138 cm³/mol. The highest BCUT2D eigenvalue weighted by Crippen LogP contribution is 2.29. The third kappa shape index (κ3) is 7.65. The monoisotopic (exact) mass is 567 g/mol. The summed E-state index contributed by atoms with van der Waals surface area (Å²) < 4.78 is 26.0. The molecular formula is C22H25Cl4N3O4S. The van der Waals surface area contributed by atoms with E-state index in [1.807, 2.05) is 0 Å². The molecule has 0 saturated carbocycles. The lowest BCUT2D eigenvalue weighted by Gasteiger charge is -2.32. The second-order valence-corrected chi connectivity index (χ2v) is 11.6. The number of carbonyl (C=O) groups is 2. The van der Waals surface area contributed by atoms with Gasteiger partial charge in [0.05, 0.1) is 11.9 Å². The zero-order valence-corrected chi connectivity index (χ0v) is 22.8. The second kappa shape index (κ2) is 11.8. The highest BCUT2D eigenvalue weighted by Gasteiger charge is 2.31. The van der Waals surface area contributed by atoms with E-state index in [9.17, 15) is 18.0 Å². The summed E-state index contributed by atoms with van der Waals surface area (Å²) in [6.45, 7) is 4.40. The number of carbonyl (C=O) groups excluding carboxylic acids is 2. The van der Waals surface area contributed by atoms with E-state index < -0.39 is 34.4 Å². The number of benzene rings is 2. The molecule has 0 aliphatic rings. The van der Waals surface area contributed by atoms with Gasteiger partial charge in [0.15, 0.2) is 0 Å². The van der Waals surface area contributed by atoms with Crippen molar-refractivity contribution >= 4 is 73.9 Å². The van der Waals surface area contributed by atoms with E-state index >= 15 is 0 Å². The van der Waals surface area contributed by atoms with Crippen LogP contribution in [0.25, 0.3) is 0 Å². The molecule has 1 N–H and O–H groups in total. The quantitative estimate of drug-likeness (QED) is 0.461. The number of rotatable bonds is 9. The molecule has 0 heterocycles. The van der Waals surface area contributed by atoms with Crippen LogP contribution >= 0.6 is 46.4 Å². The Hall–Kier alpha value is -1.71. The number of nitrogens with zero attached hydrogens (tertiary/aromatic N) is 2. The van der Waals surface area contributed by atoms with Crippen LogP contribution in [-0.2, 0) is 26.2 Å². The molecule has 0 fully saturated rings. The van der Waals surface area contributed by atoms with Crippen LogP contribution in [0.3, 0.4) is 0 Å². The highest BCUT2D eigenvalue weighted by molar-refractivity contribution is 7.92. The Morgan fingerprint density at radius 3 is 1.97 bits per heavy atom. The molecule has 0 radical (unpaired) electrons. The first-order chi connectivity index (χ1) is 15.7. The molecule has 7 nitrogen and oxygen atoms in total. The Balaban J connectivity index is 2.48. The van der Waals surface area contributed by atoms with E-state index in [-0.39, 0.29) is 28.3 Å². The molecule has 0 saturated heterocycles. The van der Waals surface area contributed by atoms with Gasteiger partial charge in [0.2, 0.25) is 21.8 Å². The molecule has 2 rings (SSSR count). The number of hydrogen-bond donors (Lipinski definition) is 1. The van der Waals surface area contributed by atoms with Crippen molar-refractivity contribution in [3.63, 3.8) is 0 Å². The normalized spacial score (nSPS) is 12.4. The lowest BCUT2D eigenvalue weighted by atomic mass is 10.1. The SMILES string of the molecule is CC(C)NC(=O)C(C)N(Cc1c(Cl)cccc1Cl)C(=O)CN(c1cc(Cl)cc(Cl)c1)S(C)(=O)=O. The minimum atomic E-state index is -3.92. The van der Waals surface area contributed by atoms with Gasteiger partial charge in [-0.05, 0) is 51.1 Å². The molecule has 0 spiro atoms. The summed E-state index contributed by atoms with van der Waals surface area (Å²) >= 11 is 24.7. The van der Waals surface area contributed by atoms with Gasteiger partial charge in [-0.2, -0.15) is 0 Å². The van der Waals surface area contributed by atoms with Crippen molar-refractivity contribution in [2.75, 3.05) is 17.1 Å². The number of hydrogen-bond acceptors (Lipinski definition) is 4. The van der Waals surface area contributed by atoms with Gasteiger partial charge < -0.3 is 10.2 Å². The third-order valence-corrected chi connectivity index (χ3v) is 7.09. The molecule has 34 heavy (non-hydrogen) atoms. The summed E-state index contributed by atoms with van der Waals surface area (Å²) in [4.78, 5) is 27.5.